The maximum atomic E-state index is 12.2. The lowest BCUT2D eigenvalue weighted by Crippen LogP contribution is -2.54. The molecule has 1 aromatic rings. The standard InChI is InChI=1S/C16H24N4O3/c1-12(2)19-15(21)20-8-3-5-16(11-20)9-13(10-22-16)23-14-17-6-4-7-18-14/h4,6-7,12-13H,3,5,8-11H2,1-2H3,(H,19,21). The molecule has 1 spiro atoms. The molecule has 0 aromatic carbocycles. The average Bonchev–Trinajstić information content (AvgIpc) is 2.90. The molecule has 0 aliphatic carbocycles. The summed E-state index contributed by atoms with van der Waals surface area (Å²) in [4.78, 5) is 22.3. The fourth-order valence-corrected chi connectivity index (χ4v) is 3.27. The van der Waals surface area contributed by atoms with Crippen LogP contribution in [0, 0.1) is 0 Å². The molecule has 2 saturated heterocycles. The molecule has 0 bridgehead atoms. The minimum absolute atomic E-state index is 0.0153. The maximum absolute atomic E-state index is 12.2. The second kappa shape index (κ2) is 6.70. The van der Waals surface area contributed by atoms with Crippen LogP contribution in [-0.4, -0.2) is 58.3 Å². The molecular weight excluding hydrogens is 296 g/mol. The summed E-state index contributed by atoms with van der Waals surface area (Å²) in [5, 5.41) is 2.95. The van der Waals surface area contributed by atoms with Crippen LogP contribution in [0.4, 0.5) is 4.79 Å². The van der Waals surface area contributed by atoms with Crippen molar-refractivity contribution >= 4 is 6.03 Å². The Bertz CT molecular complexity index is 539. The van der Waals surface area contributed by atoms with Crippen LogP contribution in [0.15, 0.2) is 18.5 Å². The number of hydrogen-bond acceptors (Lipinski definition) is 5. The van der Waals surface area contributed by atoms with Gasteiger partial charge in [0.1, 0.15) is 6.10 Å². The van der Waals surface area contributed by atoms with Crippen molar-refractivity contribution in [2.24, 2.45) is 0 Å². The number of nitrogens with one attached hydrogen (secondary N) is 1. The molecule has 2 fully saturated rings. The van der Waals surface area contributed by atoms with Crippen LogP contribution in [-0.2, 0) is 4.74 Å². The van der Waals surface area contributed by atoms with Crippen LogP contribution in [0.25, 0.3) is 0 Å². The highest BCUT2D eigenvalue weighted by atomic mass is 16.6. The summed E-state index contributed by atoms with van der Waals surface area (Å²) in [6, 6.07) is 2.25. The zero-order valence-electron chi connectivity index (χ0n) is 13.7. The molecule has 2 atom stereocenters. The lowest BCUT2D eigenvalue weighted by atomic mass is 9.89. The fraction of sp³-hybridized carbons (Fsp3) is 0.688. The lowest BCUT2D eigenvalue weighted by Gasteiger charge is -2.39. The van der Waals surface area contributed by atoms with Crippen molar-refractivity contribution in [3.05, 3.63) is 18.5 Å². The topological polar surface area (TPSA) is 76.6 Å². The Hall–Kier alpha value is -1.89. The van der Waals surface area contributed by atoms with Gasteiger partial charge in [-0.25, -0.2) is 14.8 Å². The van der Waals surface area contributed by atoms with Crippen molar-refractivity contribution in [1.82, 2.24) is 20.2 Å². The van der Waals surface area contributed by atoms with E-state index in [1.165, 1.54) is 0 Å². The first-order valence-electron chi connectivity index (χ1n) is 8.19. The molecule has 2 amide bonds. The van der Waals surface area contributed by atoms with Gasteiger partial charge in [-0.1, -0.05) is 0 Å². The smallest absolute Gasteiger partial charge is 0.317 e. The first kappa shape index (κ1) is 16.0. The maximum Gasteiger partial charge on any atom is 0.317 e. The second-order valence-corrected chi connectivity index (χ2v) is 6.60. The minimum atomic E-state index is -0.300. The van der Waals surface area contributed by atoms with E-state index in [1.807, 2.05) is 18.7 Å². The molecular formula is C16H24N4O3. The number of carbonyl (C=O) groups excluding carboxylic acids is 1. The van der Waals surface area contributed by atoms with Crippen LogP contribution in [0.1, 0.15) is 33.1 Å². The molecule has 2 aliphatic heterocycles. The molecule has 0 saturated carbocycles. The molecule has 1 N–H and O–H groups in total. The largest absolute Gasteiger partial charge is 0.458 e. The lowest BCUT2D eigenvalue weighted by molar-refractivity contribution is -0.0418. The summed E-state index contributed by atoms with van der Waals surface area (Å²) >= 11 is 0. The predicted octanol–water partition coefficient (Wildman–Crippen LogP) is 1.60. The Balaban J connectivity index is 1.58. The number of aromatic nitrogens is 2. The van der Waals surface area contributed by atoms with Gasteiger partial charge >= 0.3 is 12.0 Å². The van der Waals surface area contributed by atoms with Gasteiger partial charge in [-0.2, -0.15) is 0 Å². The summed E-state index contributed by atoms with van der Waals surface area (Å²) in [6.45, 7) is 5.83. The normalized spacial score (nSPS) is 27.4. The Kier molecular flexibility index (Phi) is 4.66. The monoisotopic (exact) mass is 320 g/mol. The van der Waals surface area contributed by atoms with Gasteiger partial charge in [-0.3, -0.25) is 0 Å². The van der Waals surface area contributed by atoms with Crippen LogP contribution in [0.5, 0.6) is 6.01 Å². The molecule has 2 aliphatic rings. The number of hydrogen-bond donors (Lipinski definition) is 1. The molecule has 7 nitrogen and oxygen atoms in total. The van der Waals surface area contributed by atoms with E-state index in [0.29, 0.717) is 19.2 Å². The molecule has 7 heteroatoms. The highest BCUT2D eigenvalue weighted by molar-refractivity contribution is 5.74. The average molecular weight is 320 g/mol. The Morgan fingerprint density at radius 2 is 2.26 bits per heavy atom. The molecule has 23 heavy (non-hydrogen) atoms. The van der Waals surface area contributed by atoms with Crippen LogP contribution in [0.2, 0.25) is 0 Å². The van der Waals surface area contributed by atoms with Crippen LogP contribution < -0.4 is 10.1 Å². The molecule has 126 valence electrons. The van der Waals surface area contributed by atoms with Crippen molar-refractivity contribution in [3.63, 3.8) is 0 Å². The van der Waals surface area contributed by atoms with Crippen molar-refractivity contribution in [2.75, 3.05) is 19.7 Å². The van der Waals surface area contributed by atoms with Gasteiger partial charge in [0.05, 0.1) is 18.8 Å². The molecule has 0 radical (unpaired) electrons. The van der Waals surface area contributed by atoms with Crippen molar-refractivity contribution in [3.8, 4) is 6.01 Å². The molecule has 2 unspecified atom stereocenters. The number of ether oxygens (including phenoxy) is 2. The first-order chi connectivity index (χ1) is 11.1. The molecule has 1 aromatic heterocycles. The molecule has 3 rings (SSSR count). The minimum Gasteiger partial charge on any atom is -0.458 e. The highest BCUT2D eigenvalue weighted by Gasteiger charge is 2.45. The third-order valence-electron chi connectivity index (χ3n) is 4.23. The first-order valence-corrected chi connectivity index (χ1v) is 8.19. The predicted molar refractivity (Wildman–Crippen MR) is 84.2 cm³/mol. The summed E-state index contributed by atoms with van der Waals surface area (Å²) in [7, 11) is 0. The van der Waals surface area contributed by atoms with Crippen molar-refractivity contribution in [2.45, 2.75) is 50.9 Å². The summed E-state index contributed by atoms with van der Waals surface area (Å²) in [5.41, 5.74) is -0.300. The van der Waals surface area contributed by atoms with Gasteiger partial charge in [-0.05, 0) is 32.8 Å². The van der Waals surface area contributed by atoms with Crippen molar-refractivity contribution in [1.29, 1.82) is 0 Å². The quantitative estimate of drug-likeness (QED) is 0.915. The van der Waals surface area contributed by atoms with E-state index < -0.39 is 0 Å². The summed E-state index contributed by atoms with van der Waals surface area (Å²) < 4.78 is 11.8. The SMILES string of the molecule is CC(C)NC(=O)N1CCCC2(CC(Oc3ncccn3)CO2)C1. The van der Waals surface area contributed by atoms with E-state index >= 15 is 0 Å². The van der Waals surface area contributed by atoms with Gasteiger partial charge in [-0.15, -0.1) is 0 Å². The van der Waals surface area contributed by atoms with Crippen LogP contribution in [0.3, 0.4) is 0 Å². The number of likely N-dealkylation sites (tertiary alicyclic amines) is 1. The Morgan fingerprint density at radius 1 is 1.48 bits per heavy atom. The number of carbonyl (C=O) groups is 1. The third-order valence-corrected chi connectivity index (χ3v) is 4.23. The van der Waals surface area contributed by atoms with Crippen LogP contribution >= 0.6 is 0 Å². The number of rotatable bonds is 3. The number of amides is 2. The van der Waals surface area contributed by atoms with Gasteiger partial charge in [0.2, 0.25) is 0 Å². The van der Waals surface area contributed by atoms with E-state index in [2.05, 4.69) is 15.3 Å². The summed E-state index contributed by atoms with van der Waals surface area (Å²) in [6.07, 6.45) is 5.91. The third kappa shape index (κ3) is 3.90. The zero-order chi connectivity index (χ0) is 16.3. The summed E-state index contributed by atoms with van der Waals surface area (Å²) in [5.74, 6) is 0. The van der Waals surface area contributed by atoms with E-state index in [-0.39, 0.29) is 23.8 Å². The van der Waals surface area contributed by atoms with Gasteiger partial charge in [0.15, 0.2) is 0 Å². The number of urea groups is 1. The van der Waals surface area contributed by atoms with Crippen molar-refractivity contribution < 1.29 is 14.3 Å². The number of piperidine rings is 1. The van der Waals surface area contributed by atoms with Gasteiger partial charge in [0, 0.05) is 31.4 Å². The fourth-order valence-electron chi connectivity index (χ4n) is 3.27. The van der Waals surface area contributed by atoms with E-state index in [4.69, 9.17) is 9.47 Å². The Morgan fingerprint density at radius 3 is 3.00 bits per heavy atom. The van der Waals surface area contributed by atoms with E-state index in [1.54, 1.807) is 18.5 Å². The highest BCUT2D eigenvalue weighted by Crippen LogP contribution is 2.35. The number of nitrogens with zero attached hydrogens (tertiary/aromatic N) is 3. The zero-order valence-corrected chi connectivity index (χ0v) is 13.7. The Labute approximate surface area is 136 Å². The van der Waals surface area contributed by atoms with Gasteiger partial charge < -0.3 is 19.7 Å². The van der Waals surface area contributed by atoms with E-state index in [9.17, 15) is 4.79 Å². The second-order valence-electron chi connectivity index (χ2n) is 6.60. The van der Waals surface area contributed by atoms with Gasteiger partial charge in [0.25, 0.3) is 0 Å². The van der Waals surface area contributed by atoms with E-state index in [0.717, 1.165) is 25.8 Å². The molecule has 3 heterocycles.